The number of hydrogen-bond donors (Lipinski definition) is 2. The van der Waals surface area contributed by atoms with Crippen LogP contribution in [0.1, 0.15) is 16.4 Å². The Morgan fingerprint density at radius 3 is 2.65 bits per heavy atom. The largest absolute Gasteiger partial charge is 0.420 e. The number of nitrogens with two attached hydrogens (primary N) is 1. The highest BCUT2D eigenvalue weighted by atomic mass is 35.5. The predicted molar refractivity (Wildman–Crippen MR) is 123 cm³/mol. The number of nitrogens with one attached hydrogen (secondary N) is 1. The molecule has 0 fully saturated rings. The van der Waals surface area contributed by atoms with Gasteiger partial charge in [0, 0.05) is 20.3 Å². The summed E-state index contributed by atoms with van der Waals surface area (Å²) in [6.07, 6.45) is 0. The van der Waals surface area contributed by atoms with Gasteiger partial charge in [-0.2, -0.15) is 5.26 Å². The highest BCUT2D eigenvalue weighted by molar-refractivity contribution is 7.15. The van der Waals surface area contributed by atoms with Crippen molar-refractivity contribution in [3.8, 4) is 33.6 Å². The molecule has 1 aliphatic rings. The molecule has 31 heavy (non-hydrogen) atoms. The molecule has 0 bridgehead atoms. The van der Waals surface area contributed by atoms with Crippen LogP contribution in [0.4, 0.5) is 0 Å². The van der Waals surface area contributed by atoms with Gasteiger partial charge in [-0.1, -0.05) is 59.6 Å². The van der Waals surface area contributed by atoms with Crippen LogP contribution in [-0.2, 0) is 0 Å². The number of thiophene rings is 1. The van der Waals surface area contributed by atoms with Gasteiger partial charge in [0.05, 0.1) is 22.2 Å². The van der Waals surface area contributed by atoms with Crippen LogP contribution in [0.5, 0.6) is 5.88 Å². The fraction of sp³-hybridized carbons (Fsp3) is 0.0435. The third-order valence-corrected chi connectivity index (χ3v) is 6.84. The van der Waals surface area contributed by atoms with Crippen molar-refractivity contribution in [2.24, 2.45) is 5.73 Å². The van der Waals surface area contributed by atoms with Crippen LogP contribution in [0.3, 0.4) is 0 Å². The lowest BCUT2D eigenvalue weighted by molar-refractivity contribution is 0.379. The molecule has 0 amide bonds. The number of benzene rings is 2. The maximum Gasteiger partial charge on any atom is 0.244 e. The van der Waals surface area contributed by atoms with Crippen molar-refractivity contribution in [3.63, 3.8) is 0 Å². The van der Waals surface area contributed by atoms with Gasteiger partial charge in [0.25, 0.3) is 0 Å². The number of rotatable bonds is 3. The average Bonchev–Trinajstić information content (AvgIpc) is 3.41. The molecule has 0 spiro atoms. The standard InChI is InChI=1S/C23H14Cl2N4OS/c24-13-6-7-14(16(25)10-13)17-8-9-18(31-17)19-15(11-26)22(27)30-23-20(19)21(28-29-23)12-4-2-1-3-5-12/h1-10,19H,27H2,(H,28,29)/t19-/m1/s1. The Hall–Kier alpha value is -3.24. The van der Waals surface area contributed by atoms with E-state index in [1.807, 2.05) is 48.5 Å². The first-order valence-corrected chi connectivity index (χ1v) is 10.9. The van der Waals surface area contributed by atoms with Gasteiger partial charge in [0.15, 0.2) is 0 Å². The average molecular weight is 465 g/mol. The van der Waals surface area contributed by atoms with E-state index in [9.17, 15) is 5.26 Å². The van der Waals surface area contributed by atoms with Crippen LogP contribution in [0.25, 0.3) is 21.7 Å². The molecule has 2 aromatic carbocycles. The molecule has 3 heterocycles. The minimum Gasteiger partial charge on any atom is -0.420 e. The van der Waals surface area contributed by atoms with Crippen LogP contribution < -0.4 is 10.5 Å². The maximum atomic E-state index is 9.89. The Morgan fingerprint density at radius 2 is 1.90 bits per heavy atom. The van der Waals surface area contributed by atoms with Gasteiger partial charge in [-0.25, -0.2) is 0 Å². The van der Waals surface area contributed by atoms with Gasteiger partial charge in [-0.3, -0.25) is 5.10 Å². The molecule has 5 rings (SSSR count). The molecule has 4 aromatic rings. The Labute approximate surface area is 192 Å². The summed E-state index contributed by atoms with van der Waals surface area (Å²) in [4.78, 5) is 1.90. The summed E-state index contributed by atoms with van der Waals surface area (Å²) >= 11 is 14.0. The molecule has 0 saturated heterocycles. The third-order valence-electron chi connectivity index (χ3n) is 5.11. The number of aromatic nitrogens is 2. The van der Waals surface area contributed by atoms with Crippen LogP contribution >= 0.6 is 34.5 Å². The van der Waals surface area contributed by atoms with E-state index < -0.39 is 5.92 Å². The van der Waals surface area contributed by atoms with E-state index in [0.717, 1.165) is 32.1 Å². The normalized spacial score (nSPS) is 15.3. The van der Waals surface area contributed by atoms with Crippen molar-refractivity contribution in [2.75, 3.05) is 0 Å². The monoisotopic (exact) mass is 464 g/mol. The van der Waals surface area contributed by atoms with Crippen molar-refractivity contribution in [2.45, 2.75) is 5.92 Å². The summed E-state index contributed by atoms with van der Waals surface area (Å²) in [5, 5.41) is 18.4. The van der Waals surface area contributed by atoms with Crippen molar-refractivity contribution in [1.82, 2.24) is 10.2 Å². The van der Waals surface area contributed by atoms with Gasteiger partial charge in [-0.05, 0) is 29.8 Å². The molecule has 2 aromatic heterocycles. The van der Waals surface area contributed by atoms with Gasteiger partial charge in [0.1, 0.15) is 11.6 Å². The number of hydrogen-bond acceptors (Lipinski definition) is 5. The van der Waals surface area contributed by atoms with E-state index in [1.54, 1.807) is 12.1 Å². The minimum atomic E-state index is -0.410. The molecule has 1 aliphatic heterocycles. The molecular formula is C23H14Cl2N4OS. The van der Waals surface area contributed by atoms with Gasteiger partial charge in [0.2, 0.25) is 11.8 Å². The molecule has 0 radical (unpaired) electrons. The molecule has 3 N–H and O–H groups in total. The highest BCUT2D eigenvalue weighted by Crippen LogP contribution is 2.48. The molecule has 5 nitrogen and oxygen atoms in total. The zero-order chi connectivity index (χ0) is 21.5. The zero-order valence-electron chi connectivity index (χ0n) is 15.9. The van der Waals surface area contributed by atoms with Crippen LogP contribution in [0, 0.1) is 11.3 Å². The Morgan fingerprint density at radius 1 is 1.10 bits per heavy atom. The predicted octanol–water partition coefficient (Wildman–Crippen LogP) is 6.33. The molecule has 0 saturated carbocycles. The lowest BCUT2D eigenvalue weighted by Crippen LogP contribution is -2.20. The first-order chi connectivity index (χ1) is 15.1. The lowest BCUT2D eigenvalue weighted by Gasteiger charge is -2.22. The summed E-state index contributed by atoms with van der Waals surface area (Å²) in [5.41, 5.74) is 9.83. The lowest BCUT2D eigenvalue weighted by atomic mass is 9.87. The van der Waals surface area contributed by atoms with Gasteiger partial charge < -0.3 is 10.5 Å². The van der Waals surface area contributed by atoms with Gasteiger partial charge in [-0.15, -0.1) is 16.4 Å². The summed E-state index contributed by atoms with van der Waals surface area (Å²) < 4.78 is 5.67. The first-order valence-electron chi connectivity index (χ1n) is 9.33. The number of fused-ring (bicyclic) bond motifs is 1. The highest BCUT2D eigenvalue weighted by Gasteiger charge is 2.36. The number of H-pyrrole nitrogens is 1. The van der Waals surface area contributed by atoms with Crippen molar-refractivity contribution in [3.05, 3.63) is 92.6 Å². The molecule has 152 valence electrons. The number of allylic oxidation sites excluding steroid dienone is 1. The van der Waals surface area contributed by atoms with Crippen LogP contribution in [0.2, 0.25) is 10.0 Å². The van der Waals surface area contributed by atoms with E-state index >= 15 is 0 Å². The minimum absolute atomic E-state index is 0.0607. The van der Waals surface area contributed by atoms with Crippen LogP contribution in [-0.4, -0.2) is 10.2 Å². The van der Waals surface area contributed by atoms with E-state index in [2.05, 4.69) is 16.3 Å². The van der Waals surface area contributed by atoms with E-state index in [1.165, 1.54) is 11.3 Å². The number of aromatic amines is 1. The second-order valence-electron chi connectivity index (χ2n) is 6.93. The Kier molecular flexibility index (Phi) is 4.95. The summed E-state index contributed by atoms with van der Waals surface area (Å²) in [6.45, 7) is 0. The van der Waals surface area contributed by atoms with Gasteiger partial charge >= 0.3 is 0 Å². The first kappa shape index (κ1) is 19.7. The second kappa shape index (κ2) is 7.78. The molecular weight excluding hydrogens is 451 g/mol. The topological polar surface area (TPSA) is 87.7 Å². The molecule has 1 atom stereocenters. The van der Waals surface area contributed by atoms with Crippen molar-refractivity contribution >= 4 is 34.5 Å². The SMILES string of the molecule is N#CC1=C(N)Oc2n[nH]c(-c3ccccc3)c2[C@H]1c1ccc(-c2ccc(Cl)cc2Cl)s1. The molecule has 0 unspecified atom stereocenters. The van der Waals surface area contributed by atoms with E-state index in [0.29, 0.717) is 21.5 Å². The Balaban J connectivity index is 1.67. The molecule has 0 aliphatic carbocycles. The van der Waals surface area contributed by atoms with Crippen molar-refractivity contribution < 1.29 is 4.74 Å². The maximum absolute atomic E-state index is 9.89. The smallest absolute Gasteiger partial charge is 0.244 e. The van der Waals surface area contributed by atoms with E-state index in [-0.39, 0.29) is 5.88 Å². The summed E-state index contributed by atoms with van der Waals surface area (Å²) in [7, 11) is 0. The molecule has 8 heteroatoms. The fourth-order valence-corrected chi connectivity index (χ4v) is 5.43. The van der Waals surface area contributed by atoms with Crippen molar-refractivity contribution in [1.29, 1.82) is 5.26 Å². The van der Waals surface area contributed by atoms with Crippen LogP contribution in [0.15, 0.2) is 72.1 Å². The number of halogens is 2. The third kappa shape index (κ3) is 3.37. The quantitative estimate of drug-likeness (QED) is 0.370. The Bertz CT molecular complexity index is 1370. The summed E-state index contributed by atoms with van der Waals surface area (Å²) in [5.74, 6) is 0.0259. The van der Waals surface area contributed by atoms with E-state index in [4.69, 9.17) is 33.7 Å². The fourth-order valence-electron chi connectivity index (χ4n) is 3.70. The number of nitriles is 1. The number of nitrogens with zero attached hydrogens (tertiary/aromatic N) is 2. The summed E-state index contributed by atoms with van der Waals surface area (Å²) in [6, 6.07) is 21.4. The zero-order valence-corrected chi connectivity index (χ0v) is 18.2. The number of ether oxygens (including phenoxy) is 1. The second-order valence-corrected chi connectivity index (χ2v) is 8.89.